The molecular formula is C19H22S2. The van der Waals surface area contributed by atoms with Crippen molar-refractivity contribution in [2.24, 2.45) is 5.41 Å². The van der Waals surface area contributed by atoms with Crippen molar-refractivity contribution in [1.29, 1.82) is 0 Å². The van der Waals surface area contributed by atoms with Crippen LogP contribution in [0.15, 0.2) is 35.7 Å². The third-order valence-corrected chi connectivity index (χ3v) is 5.97. The van der Waals surface area contributed by atoms with Gasteiger partial charge in [0, 0.05) is 14.6 Å². The molecule has 3 rings (SSSR count). The highest BCUT2D eigenvalue weighted by Gasteiger charge is 2.30. The highest BCUT2D eigenvalue weighted by molar-refractivity contribution is 7.80. The summed E-state index contributed by atoms with van der Waals surface area (Å²) in [5, 5.41) is 0. The highest BCUT2D eigenvalue weighted by Crippen LogP contribution is 2.47. The van der Waals surface area contributed by atoms with Crippen LogP contribution < -0.4 is 0 Å². The molecule has 1 heterocycles. The minimum atomic E-state index is 0.407. The molecule has 1 aromatic carbocycles. The van der Waals surface area contributed by atoms with Gasteiger partial charge in [0.1, 0.15) is 0 Å². The van der Waals surface area contributed by atoms with Gasteiger partial charge in [0.2, 0.25) is 0 Å². The molecule has 1 aliphatic rings. The maximum atomic E-state index is 4.39. The molecule has 0 atom stereocenters. The number of aryl methyl sites for hydroxylation is 1. The van der Waals surface area contributed by atoms with Gasteiger partial charge < -0.3 is 0 Å². The molecule has 0 fully saturated rings. The molecule has 0 bridgehead atoms. The molecule has 110 valence electrons. The summed E-state index contributed by atoms with van der Waals surface area (Å²) in [6.45, 7) is 11.1. The van der Waals surface area contributed by atoms with Crippen LogP contribution in [0.25, 0.3) is 16.0 Å². The molecule has 2 aromatic rings. The topological polar surface area (TPSA) is 0 Å². The van der Waals surface area contributed by atoms with Crippen LogP contribution in [-0.4, -0.2) is 0 Å². The molecule has 0 saturated heterocycles. The van der Waals surface area contributed by atoms with Gasteiger partial charge >= 0.3 is 0 Å². The fourth-order valence-corrected chi connectivity index (χ4v) is 4.74. The van der Waals surface area contributed by atoms with Crippen LogP contribution >= 0.6 is 24.0 Å². The van der Waals surface area contributed by atoms with Gasteiger partial charge in [0.05, 0.1) is 0 Å². The predicted octanol–water partition coefficient (Wildman–Crippen LogP) is 6.25. The Labute approximate surface area is 137 Å². The van der Waals surface area contributed by atoms with Crippen LogP contribution in [0.5, 0.6) is 0 Å². The van der Waals surface area contributed by atoms with Crippen LogP contribution in [0.4, 0.5) is 0 Å². The quantitative estimate of drug-likeness (QED) is 0.622. The van der Waals surface area contributed by atoms with E-state index >= 15 is 0 Å². The van der Waals surface area contributed by atoms with Gasteiger partial charge in [0.25, 0.3) is 0 Å². The van der Waals surface area contributed by atoms with Crippen LogP contribution in [0, 0.1) is 5.41 Å². The molecule has 0 unspecified atom stereocenters. The summed E-state index contributed by atoms with van der Waals surface area (Å²) in [6, 6.07) is 8.50. The van der Waals surface area contributed by atoms with Crippen LogP contribution in [-0.2, 0) is 12.8 Å². The molecule has 0 amide bonds. The van der Waals surface area contributed by atoms with E-state index in [-0.39, 0.29) is 0 Å². The van der Waals surface area contributed by atoms with Crippen LogP contribution in [0.1, 0.15) is 43.2 Å². The molecule has 0 radical (unpaired) electrons. The monoisotopic (exact) mass is 314 g/mol. The van der Waals surface area contributed by atoms with Crippen molar-refractivity contribution >= 4 is 29.5 Å². The lowest BCUT2D eigenvalue weighted by Gasteiger charge is -2.30. The number of allylic oxidation sites excluding steroid dienone is 1. The smallest absolute Gasteiger partial charge is 0.0423 e. The van der Waals surface area contributed by atoms with Gasteiger partial charge in [-0.2, -0.15) is 0 Å². The van der Waals surface area contributed by atoms with Crippen molar-refractivity contribution in [2.75, 3.05) is 0 Å². The van der Waals surface area contributed by atoms with Gasteiger partial charge in [0.15, 0.2) is 0 Å². The second-order valence-electron chi connectivity index (χ2n) is 6.88. The van der Waals surface area contributed by atoms with E-state index in [0.717, 1.165) is 4.90 Å². The second-order valence-corrected chi connectivity index (χ2v) is 8.50. The summed E-state index contributed by atoms with van der Waals surface area (Å²) >= 11 is 6.36. The highest BCUT2D eigenvalue weighted by atomic mass is 32.1. The van der Waals surface area contributed by atoms with Gasteiger partial charge in [-0.1, -0.05) is 32.6 Å². The first kappa shape index (κ1) is 14.9. The molecule has 0 spiro atoms. The van der Waals surface area contributed by atoms with Crippen molar-refractivity contribution in [3.8, 4) is 10.4 Å². The van der Waals surface area contributed by atoms with E-state index in [1.165, 1.54) is 40.8 Å². The van der Waals surface area contributed by atoms with Gasteiger partial charge in [-0.25, -0.2) is 0 Å². The number of rotatable bonds is 2. The lowest BCUT2D eigenvalue weighted by atomic mass is 9.75. The van der Waals surface area contributed by atoms with Crippen molar-refractivity contribution in [3.05, 3.63) is 46.8 Å². The molecule has 0 aliphatic heterocycles. The molecular weight excluding hydrogens is 292 g/mol. The number of benzene rings is 1. The summed E-state index contributed by atoms with van der Waals surface area (Å²) < 4.78 is 0. The molecule has 21 heavy (non-hydrogen) atoms. The Morgan fingerprint density at radius 1 is 1.24 bits per heavy atom. The Hall–Kier alpha value is -0.990. The molecule has 2 heteroatoms. The third kappa shape index (κ3) is 2.84. The van der Waals surface area contributed by atoms with Crippen LogP contribution in [0.3, 0.4) is 0 Å². The number of hydrogen-bond acceptors (Lipinski definition) is 2. The average molecular weight is 315 g/mol. The zero-order valence-electron chi connectivity index (χ0n) is 13.0. The van der Waals surface area contributed by atoms with E-state index in [0.29, 0.717) is 5.41 Å². The SMILES string of the molecule is C=C(C)c1c(-c2ccc(S)cc2)sc2c1CC(C)(C)CC2. The Kier molecular flexibility index (Phi) is 3.79. The minimum absolute atomic E-state index is 0.407. The summed E-state index contributed by atoms with van der Waals surface area (Å²) in [4.78, 5) is 3.97. The first-order valence-electron chi connectivity index (χ1n) is 7.47. The van der Waals surface area contributed by atoms with E-state index in [4.69, 9.17) is 0 Å². The van der Waals surface area contributed by atoms with E-state index in [1.807, 2.05) is 11.3 Å². The second kappa shape index (κ2) is 5.33. The van der Waals surface area contributed by atoms with E-state index < -0.39 is 0 Å². The minimum Gasteiger partial charge on any atom is -0.143 e. The van der Waals surface area contributed by atoms with Crippen molar-refractivity contribution in [1.82, 2.24) is 0 Å². The number of thiophene rings is 1. The van der Waals surface area contributed by atoms with Gasteiger partial charge in [-0.05, 0) is 66.0 Å². The Morgan fingerprint density at radius 2 is 1.90 bits per heavy atom. The van der Waals surface area contributed by atoms with Crippen LogP contribution in [0.2, 0.25) is 0 Å². The zero-order chi connectivity index (χ0) is 15.2. The maximum absolute atomic E-state index is 4.39. The largest absolute Gasteiger partial charge is 0.143 e. The van der Waals surface area contributed by atoms with E-state index in [2.05, 4.69) is 64.2 Å². The molecule has 1 aromatic heterocycles. The summed E-state index contributed by atoms with van der Waals surface area (Å²) in [6.07, 6.45) is 3.66. The van der Waals surface area contributed by atoms with E-state index in [9.17, 15) is 0 Å². The van der Waals surface area contributed by atoms with Gasteiger partial charge in [-0.15, -0.1) is 24.0 Å². The predicted molar refractivity (Wildman–Crippen MR) is 97.5 cm³/mol. The number of hydrogen-bond donors (Lipinski definition) is 1. The summed E-state index contributed by atoms with van der Waals surface area (Å²) in [5.74, 6) is 0. The fourth-order valence-electron chi connectivity index (χ4n) is 3.19. The lowest BCUT2D eigenvalue weighted by Crippen LogP contribution is -2.21. The molecule has 0 N–H and O–H groups in total. The summed E-state index contributed by atoms with van der Waals surface area (Å²) in [5.41, 5.74) is 5.84. The van der Waals surface area contributed by atoms with Gasteiger partial charge in [-0.3, -0.25) is 0 Å². The van der Waals surface area contributed by atoms with E-state index in [1.54, 1.807) is 10.4 Å². The lowest BCUT2D eigenvalue weighted by molar-refractivity contribution is 0.317. The Bertz CT molecular complexity index is 687. The fraction of sp³-hybridized carbons (Fsp3) is 0.368. The summed E-state index contributed by atoms with van der Waals surface area (Å²) in [7, 11) is 0. The first-order chi connectivity index (χ1) is 9.87. The average Bonchev–Trinajstić information content (AvgIpc) is 2.76. The van der Waals surface area contributed by atoms with Crippen molar-refractivity contribution < 1.29 is 0 Å². The van der Waals surface area contributed by atoms with Crippen molar-refractivity contribution in [2.45, 2.75) is 44.9 Å². The molecule has 0 nitrogen and oxygen atoms in total. The normalized spacial score (nSPS) is 16.6. The molecule has 1 aliphatic carbocycles. The van der Waals surface area contributed by atoms with Crippen molar-refractivity contribution in [3.63, 3.8) is 0 Å². The third-order valence-electron chi connectivity index (χ3n) is 4.33. The Balaban J connectivity index is 2.16. The Morgan fingerprint density at radius 3 is 2.52 bits per heavy atom. The first-order valence-corrected chi connectivity index (χ1v) is 8.73. The zero-order valence-corrected chi connectivity index (χ0v) is 14.7. The maximum Gasteiger partial charge on any atom is 0.0423 e. The number of thiol groups is 1. The molecule has 0 saturated carbocycles. The number of fused-ring (bicyclic) bond motifs is 1. The standard InChI is InChI=1S/C19H22S2/c1-12(2)17-15-11-19(3,4)10-9-16(15)21-18(17)13-5-7-14(20)8-6-13/h5-8,20H,1,9-11H2,2-4H3.